The average molecular weight is 755 g/mol. The van der Waals surface area contributed by atoms with Crippen LogP contribution in [-0.4, -0.2) is 94.1 Å². The first-order valence-corrected chi connectivity index (χ1v) is 18.1. The van der Waals surface area contributed by atoms with Gasteiger partial charge in [0.2, 0.25) is 30.0 Å². The molecule has 0 saturated heterocycles. The molecule has 0 fully saturated rings. The van der Waals surface area contributed by atoms with Gasteiger partial charge in [-0.25, -0.2) is 4.79 Å². The van der Waals surface area contributed by atoms with Crippen LogP contribution in [0.3, 0.4) is 0 Å². The molecule has 0 unspecified atom stereocenters. The highest BCUT2D eigenvalue weighted by molar-refractivity contribution is 5.96. The van der Waals surface area contributed by atoms with Crippen LogP contribution in [-0.2, 0) is 48.1 Å². The minimum atomic E-state index is -1.49. The lowest BCUT2D eigenvalue weighted by Crippen LogP contribution is -2.59. The second-order valence-corrected chi connectivity index (χ2v) is 14.3. The van der Waals surface area contributed by atoms with E-state index in [0.717, 1.165) is 11.1 Å². The quantitative estimate of drug-likeness (QED) is 0.102. The molecular weight excluding hydrogens is 704 g/mol. The van der Waals surface area contributed by atoms with Crippen molar-refractivity contribution in [3.63, 3.8) is 0 Å². The summed E-state index contributed by atoms with van der Waals surface area (Å²) in [6.45, 7) is 6.60. The molecule has 4 atom stereocenters. The minimum absolute atomic E-state index is 0.101. The fourth-order valence-electron chi connectivity index (χ4n) is 5.98. The van der Waals surface area contributed by atoms with E-state index in [9.17, 15) is 33.9 Å². The SMILES string of the molecule is C[C@@H](O)[C@H](NC(=O)CCNC(=O)OC(C)(C)C)C(=O)N[C@H](Cc1cn(C=O)c2ccccc12)C(=O)N[C@@H](Cc1ccccc1)C(=O)N(C)Cc1ccccc1. The van der Waals surface area contributed by atoms with Crippen LogP contribution >= 0.6 is 0 Å². The first-order valence-electron chi connectivity index (χ1n) is 18.1. The molecule has 0 aliphatic rings. The van der Waals surface area contributed by atoms with Gasteiger partial charge in [-0.2, -0.15) is 0 Å². The number of aliphatic hydroxyl groups excluding tert-OH is 1. The Balaban J connectivity index is 1.59. The van der Waals surface area contributed by atoms with E-state index in [1.807, 2.05) is 60.7 Å². The highest BCUT2D eigenvalue weighted by Gasteiger charge is 2.33. The number of rotatable bonds is 17. The Kier molecular flexibility index (Phi) is 14.7. The molecule has 0 aliphatic carbocycles. The van der Waals surface area contributed by atoms with Crippen molar-refractivity contribution in [2.24, 2.45) is 0 Å². The smallest absolute Gasteiger partial charge is 0.407 e. The number of likely N-dealkylation sites (N-methyl/N-ethyl adjacent to an activating group) is 1. The van der Waals surface area contributed by atoms with Crippen LogP contribution in [0.1, 0.15) is 50.8 Å². The van der Waals surface area contributed by atoms with Gasteiger partial charge in [-0.3, -0.25) is 28.5 Å². The van der Waals surface area contributed by atoms with Crippen LogP contribution in [0.5, 0.6) is 0 Å². The number of benzene rings is 3. The van der Waals surface area contributed by atoms with E-state index in [1.165, 1.54) is 16.4 Å². The third-order valence-electron chi connectivity index (χ3n) is 8.63. The monoisotopic (exact) mass is 754 g/mol. The molecule has 5 N–H and O–H groups in total. The standard InChI is InChI=1S/C41H50N6O8/c1-27(49)36(45-35(50)20-21-42-40(54)55-41(2,3)4)38(52)43-32(23-30-25-47(26-48)34-19-13-12-18-31(30)34)37(51)44-33(22-28-14-8-6-9-15-28)39(53)46(5)24-29-16-10-7-11-17-29/h6-19,25-27,32-33,36,49H,20-24H2,1-5H3,(H,42,54)(H,43,52)(H,44,51)(H,45,50)/t27-,32-,33+,36+/m1/s1. The van der Waals surface area contributed by atoms with Gasteiger partial charge >= 0.3 is 6.09 Å². The van der Waals surface area contributed by atoms with E-state index in [-0.39, 0.29) is 38.3 Å². The molecule has 5 amide bonds. The number of nitrogens with zero attached hydrogens (tertiary/aromatic N) is 2. The number of alkyl carbamates (subject to hydrolysis) is 1. The molecule has 0 aliphatic heterocycles. The maximum atomic E-state index is 14.3. The summed E-state index contributed by atoms with van der Waals surface area (Å²) in [7, 11) is 1.64. The van der Waals surface area contributed by atoms with Crippen LogP contribution in [0.25, 0.3) is 10.9 Å². The number of nitrogens with one attached hydrogen (secondary N) is 4. The maximum Gasteiger partial charge on any atom is 0.407 e. The average Bonchev–Trinajstić information content (AvgIpc) is 3.50. The lowest BCUT2D eigenvalue weighted by molar-refractivity contribution is -0.137. The molecule has 14 nitrogen and oxygen atoms in total. The third-order valence-corrected chi connectivity index (χ3v) is 8.63. The van der Waals surface area contributed by atoms with Crippen molar-refractivity contribution in [2.75, 3.05) is 13.6 Å². The topological polar surface area (TPSA) is 188 Å². The van der Waals surface area contributed by atoms with Crippen LogP contribution in [0.4, 0.5) is 4.79 Å². The molecule has 0 saturated carbocycles. The molecule has 1 heterocycles. The number of hydrogen-bond donors (Lipinski definition) is 5. The van der Waals surface area contributed by atoms with Crippen LogP contribution in [0.2, 0.25) is 0 Å². The van der Waals surface area contributed by atoms with Crippen LogP contribution < -0.4 is 21.3 Å². The van der Waals surface area contributed by atoms with Gasteiger partial charge in [-0.1, -0.05) is 78.9 Å². The zero-order valence-electron chi connectivity index (χ0n) is 31.8. The minimum Gasteiger partial charge on any atom is -0.444 e. The molecule has 55 heavy (non-hydrogen) atoms. The number of aliphatic hydroxyl groups is 1. The van der Waals surface area contributed by atoms with Crippen molar-refractivity contribution < 1.29 is 38.6 Å². The number of carbonyl (C=O) groups excluding carboxylic acids is 6. The second-order valence-electron chi connectivity index (χ2n) is 14.3. The third kappa shape index (κ3) is 12.5. The number of hydrogen-bond acceptors (Lipinski definition) is 8. The first-order chi connectivity index (χ1) is 26.1. The Bertz CT molecular complexity index is 1940. The lowest BCUT2D eigenvalue weighted by Gasteiger charge is -2.28. The zero-order chi connectivity index (χ0) is 40.1. The molecule has 1 aromatic heterocycles. The van der Waals surface area contributed by atoms with E-state index >= 15 is 0 Å². The summed E-state index contributed by atoms with van der Waals surface area (Å²) in [4.78, 5) is 80.5. The summed E-state index contributed by atoms with van der Waals surface area (Å²) in [5.74, 6) is -2.58. The predicted octanol–water partition coefficient (Wildman–Crippen LogP) is 2.87. The van der Waals surface area contributed by atoms with Crippen molar-refractivity contribution in [2.45, 2.75) is 83.3 Å². The Morgan fingerprint density at radius 2 is 1.42 bits per heavy atom. The fourth-order valence-corrected chi connectivity index (χ4v) is 5.98. The van der Waals surface area contributed by atoms with E-state index < -0.39 is 53.6 Å². The van der Waals surface area contributed by atoms with Crippen LogP contribution in [0.15, 0.2) is 91.1 Å². The number of fused-ring (bicyclic) bond motifs is 1. The van der Waals surface area contributed by atoms with E-state index in [1.54, 1.807) is 58.3 Å². The Morgan fingerprint density at radius 1 is 0.818 bits per heavy atom. The Labute approximate surface area is 320 Å². The van der Waals surface area contributed by atoms with Gasteiger partial charge in [0.1, 0.15) is 23.7 Å². The highest BCUT2D eigenvalue weighted by Crippen LogP contribution is 2.22. The number of ether oxygens (including phenoxy) is 1. The normalized spacial score (nSPS) is 13.4. The summed E-state index contributed by atoms with van der Waals surface area (Å²) < 4.78 is 6.54. The zero-order valence-corrected chi connectivity index (χ0v) is 31.8. The van der Waals surface area contributed by atoms with Gasteiger partial charge in [0, 0.05) is 51.0 Å². The second kappa shape index (κ2) is 19.3. The van der Waals surface area contributed by atoms with Crippen molar-refractivity contribution in [1.82, 2.24) is 30.7 Å². The van der Waals surface area contributed by atoms with Gasteiger partial charge in [-0.05, 0) is 50.5 Å². The van der Waals surface area contributed by atoms with Gasteiger partial charge in [0.05, 0.1) is 11.6 Å². The maximum absolute atomic E-state index is 14.3. The Hall–Kier alpha value is -6.02. The molecule has 14 heteroatoms. The van der Waals surface area contributed by atoms with Crippen molar-refractivity contribution >= 4 is 47.0 Å². The van der Waals surface area contributed by atoms with Gasteiger partial charge in [0.25, 0.3) is 0 Å². The van der Waals surface area contributed by atoms with Crippen molar-refractivity contribution in [1.29, 1.82) is 0 Å². The van der Waals surface area contributed by atoms with E-state index in [0.29, 0.717) is 22.9 Å². The van der Waals surface area contributed by atoms with E-state index in [4.69, 9.17) is 4.74 Å². The number of carbonyl (C=O) groups is 6. The molecule has 0 bridgehead atoms. The largest absolute Gasteiger partial charge is 0.444 e. The molecule has 0 radical (unpaired) electrons. The first kappa shape index (κ1) is 41.7. The van der Waals surface area contributed by atoms with Gasteiger partial charge in [0.15, 0.2) is 0 Å². The predicted molar refractivity (Wildman–Crippen MR) is 207 cm³/mol. The molecule has 4 aromatic rings. The fraction of sp³-hybridized carbons (Fsp3) is 0.366. The van der Waals surface area contributed by atoms with Gasteiger partial charge < -0.3 is 36.0 Å². The molecule has 292 valence electrons. The molecule has 3 aromatic carbocycles. The van der Waals surface area contributed by atoms with Gasteiger partial charge in [-0.15, -0.1) is 0 Å². The number of amides is 5. The van der Waals surface area contributed by atoms with Crippen molar-refractivity contribution in [3.05, 3.63) is 108 Å². The molecule has 4 rings (SSSR count). The summed E-state index contributed by atoms with van der Waals surface area (Å²) in [6, 6.07) is 21.8. The summed E-state index contributed by atoms with van der Waals surface area (Å²) >= 11 is 0. The van der Waals surface area contributed by atoms with E-state index in [2.05, 4.69) is 21.3 Å². The molecular formula is C41H50N6O8. The number of aromatic nitrogens is 1. The summed E-state index contributed by atoms with van der Waals surface area (Å²) in [5.41, 5.74) is 2.10. The summed E-state index contributed by atoms with van der Waals surface area (Å²) in [6.07, 6.45) is -0.0915. The molecule has 0 spiro atoms. The lowest BCUT2D eigenvalue weighted by atomic mass is 10.0. The number of para-hydroxylation sites is 1. The Morgan fingerprint density at radius 3 is 2.04 bits per heavy atom. The summed E-state index contributed by atoms with van der Waals surface area (Å²) in [5, 5.41) is 21.8. The van der Waals surface area contributed by atoms with Crippen LogP contribution in [0, 0.1) is 0 Å². The van der Waals surface area contributed by atoms with Crippen molar-refractivity contribution in [3.8, 4) is 0 Å². The highest BCUT2D eigenvalue weighted by atomic mass is 16.6.